The maximum absolute atomic E-state index is 13.9. The zero-order chi connectivity index (χ0) is 18.0. The van der Waals surface area contributed by atoms with Gasteiger partial charge in [-0.1, -0.05) is 43.6 Å². The quantitative estimate of drug-likeness (QED) is 0.507. The summed E-state index contributed by atoms with van der Waals surface area (Å²) in [5, 5.41) is 4.72. The molecule has 0 saturated heterocycles. The van der Waals surface area contributed by atoms with Crippen LogP contribution in [0.2, 0.25) is 5.02 Å². The molecule has 2 nitrogen and oxygen atoms in total. The smallest absolute Gasteiger partial charge is 0.142 e. The molecule has 2 aromatic carbocycles. The molecule has 0 aliphatic rings. The van der Waals surface area contributed by atoms with Gasteiger partial charge in [0.15, 0.2) is 0 Å². The van der Waals surface area contributed by atoms with Gasteiger partial charge in [-0.25, -0.2) is 9.07 Å². The molecule has 0 fully saturated rings. The lowest BCUT2D eigenvalue weighted by molar-refractivity contribution is 0.628. The summed E-state index contributed by atoms with van der Waals surface area (Å²) in [6, 6.07) is 13.2. The average molecular weight is 357 g/mol. The summed E-state index contributed by atoms with van der Waals surface area (Å²) in [5.74, 6) is 0.0650. The Morgan fingerprint density at radius 1 is 1.04 bits per heavy atom. The van der Waals surface area contributed by atoms with Gasteiger partial charge in [-0.05, 0) is 66.6 Å². The van der Waals surface area contributed by atoms with Crippen LogP contribution >= 0.6 is 11.6 Å². The van der Waals surface area contributed by atoms with Gasteiger partial charge < -0.3 is 0 Å². The summed E-state index contributed by atoms with van der Waals surface area (Å²) in [4.78, 5) is 0. The van der Waals surface area contributed by atoms with E-state index in [0.29, 0.717) is 5.92 Å². The van der Waals surface area contributed by atoms with Crippen LogP contribution in [0.1, 0.15) is 43.9 Å². The van der Waals surface area contributed by atoms with Crippen molar-refractivity contribution in [1.29, 1.82) is 0 Å². The van der Waals surface area contributed by atoms with Gasteiger partial charge in [-0.2, -0.15) is 5.10 Å². The second kappa shape index (κ2) is 7.40. The standard InChI is InChI=1S/C21H22ClFN2/c1-4-15(5-2)18-8-6-17(16-7-9-19(22)20(23)12-16)13-21(18)25-11-10-14(3)24-25/h6-13,15H,4-5H2,1-3H3. The van der Waals surface area contributed by atoms with Gasteiger partial charge in [0.05, 0.1) is 16.4 Å². The van der Waals surface area contributed by atoms with E-state index >= 15 is 0 Å². The molecule has 0 radical (unpaired) electrons. The van der Waals surface area contributed by atoms with Crippen LogP contribution in [0.15, 0.2) is 48.7 Å². The minimum atomic E-state index is -0.403. The Hall–Kier alpha value is -2.13. The lowest BCUT2D eigenvalue weighted by Crippen LogP contribution is -2.05. The van der Waals surface area contributed by atoms with Gasteiger partial charge in [0.1, 0.15) is 5.82 Å². The SMILES string of the molecule is CCC(CC)c1ccc(-c2ccc(Cl)c(F)c2)cc1-n1ccc(C)n1. The lowest BCUT2D eigenvalue weighted by Gasteiger charge is -2.19. The van der Waals surface area contributed by atoms with Crippen LogP contribution in [-0.2, 0) is 0 Å². The van der Waals surface area contributed by atoms with Crippen LogP contribution in [-0.4, -0.2) is 9.78 Å². The van der Waals surface area contributed by atoms with Crippen LogP contribution in [0.3, 0.4) is 0 Å². The maximum Gasteiger partial charge on any atom is 0.142 e. The highest BCUT2D eigenvalue weighted by molar-refractivity contribution is 6.30. The first kappa shape index (κ1) is 17.7. The van der Waals surface area contributed by atoms with Gasteiger partial charge in [-0.3, -0.25) is 0 Å². The number of halogens is 2. The summed E-state index contributed by atoms with van der Waals surface area (Å²) in [5.41, 5.74) is 5.05. The first-order chi connectivity index (χ1) is 12.0. The molecule has 0 unspecified atom stereocenters. The molecular formula is C21H22ClFN2. The Bertz CT molecular complexity index is 881. The van der Waals surface area contributed by atoms with Crippen molar-refractivity contribution in [2.24, 2.45) is 0 Å². The number of benzene rings is 2. The lowest BCUT2D eigenvalue weighted by atomic mass is 9.90. The van der Waals surface area contributed by atoms with E-state index in [2.05, 4.69) is 37.1 Å². The molecule has 130 valence electrons. The molecule has 0 aliphatic heterocycles. The molecule has 3 rings (SSSR count). The van der Waals surface area contributed by atoms with Crippen LogP contribution in [0, 0.1) is 12.7 Å². The van der Waals surface area contributed by atoms with Crippen molar-refractivity contribution in [2.45, 2.75) is 39.5 Å². The monoisotopic (exact) mass is 356 g/mol. The van der Waals surface area contributed by atoms with Crippen LogP contribution in [0.5, 0.6) is 0 Å². The van der Waals surface area contributed by atoms with Crippen LogP contribution < -0.4 is 0 Å². The van der Waals surface area contributed by atoms with Crippen LogP contribution in [0.4, 0.5) is 4.39 Å². The number of hydrogen-bond acceptors (Lipinski definition) is 1. The Morgan fingerprint density at radius 2 is 1.72 bits per heavy atom. The van der Waals surface area contributed by atoms with E-state index in [9.17, 15) is 4.39 Å². The maximum atomic E-state index is 13.9. The summed E-state index contributed by atoms with van der Waals surface area (Å²) < 4.78 is 15.8. The molecule has 1 aromatic heterocycles. The summed E-state index contributed by atoms with van der Waals surface area (Å²) in [6.45, 7) is 6.38. The number of aromatic nitrogens is 2. The molecular weight excluding hydrogens is 335 g/mol. The van der Waals surface area contributed by atoms with Gasteiger partial charge in [0.2, 0.25) is 0 Å². The Labute approximate surface area is 153 Å². The minimum absolute atomic E-state index is 0.139. The molecule has 25 heavy (non-hydrogen) atoms. The Kier molecular flexibility index (Phi) is 5.24. The van der Waals surface area contributed by atoms with E-state index < -0.39 is 5.82 Å². The first-order valence-electron chi connectivity index (χ1n) is 8.65. The fraction of sp³-hybridized carbons (Fsp3) is 0.286. The van der Waals surface area contributed by atoms with E-state index in [-0.39, 0.29) is 5.02 Å². The molecule has 0 amide bonds. The largest absolute Gasteiger partial charge is 0.240 e. The van der Waals surface area contributed by atoms with Crippen LogP contribution in [0.25, 0.3) is 16.8 Å². The molecule has 0 aliphatic carbocycles. The van der Waals surface area contributed by atoms with Crippen molar-refractivity contribution in [3.05, 3.63) is 70.8 Å². The molecule has 3 aromatic rings. The summed E-state index contributed by atoms with van der Waals surface area (Å²) in [7, 11) is 0. The topological polar surface area (TPSA) is 17.8 Å². The highest BCUT2D eigenvalue weighted by atomic mass is 35.5. The van der Waals surface area contributed by atoms with Crippen molar-refractivity contribution in [1.82, 2.24) is 9.78 Å². The second-order valence-corrected chi connectivity index (χ2v) is 6.72. The molecule has 0 atom stereocenters. The first-order valence-corrected chi connectivity index (χ1v) is 9.03. The second-order valence-electron chi connectivity index (χ2n) is 6.32. The summed E-state index contributed by atoms with van der Waals surface area (Å²) in [6.07, 6.45) is 4.11. The minimum Gasteiger partial charge on any atom is -0.240 e. The fourth-order valence-electron chi connectivity index (χ4n) is 3.22. The zero-order valence-corrected chi connectivity index (χ0v) is 15.5. The van der Waals surface area contributed by atoms with E-state index in [4.69, 9.17) is 11.6 Å². The highest BCUT2D eigenvalue weighted by Gasteiger charge is 2.15. The van der Waals surface area contributed by atoms with E-state index in [1.165, 1.54) is 11.6 Å². The van der Waals surface area contributed by atoms with Gasteiger partial charge >= 0.3 is 0 Å². The predicted molar refractivity (Wildman–Crippen MR) is 102 cm³/mol. The third-order valence-corrected chi connectivity index (χ3v) is 4.98. The fourth-order valence-corrected chi connectivity index (χ4v) is 3.34. The third kappa shape index (κ3) is 3.62. The highest BCUT2D eigenvalue weighted by Crippen LogP contribution is 2.33. The van der Waals surface area contributed by atoms with Crippen molar-refractivity contribution in [3.63, 3.8) is 0 Å². The van der Waals surface area contributed by atoms with E-state index in [0.717, 1.165) is 35.3 Å². The molecule has 0 spiro atoms. The van der Waals surface area contributed by atoms with E-state index in [1.807, 2.05) is 29.9 Å². The molecule has 0 N–H and O–H groups in total. The molecule has 0 saturated carbocycles. The average Bonchev–Trinajstić information content (AvgIpc) is 3.05. The molecule has 1 heterocycles. The van der Waals surface area contributed by atoms with Gasteiger partial charge in [0.25, 0.3) is 0 Å². The Morgan fingerprint density at radius 3 is 2.32 bits per heavy atom. The number of aryl methyl sites for hydroxylation is 1. The normalized spacial score (nSPS) is 11.3. The van der Waals surface area contributed by atoms with Crippen molar-refractivity contribution < 1.29 is 4.39 Å². The molecule has 0 bridgehead atoms. The number of nitrogens with zero attached hydrogens (tertiary/aromatic N) is 2. The van der Waals surface area contributed by atoms with E-state index in [1.54, 1.807) is 6.07 Å². The van der Waals surface area contributed by atoms with Crippen molar-refractivity contribution in [2.75, 3.05) is 0 Å². The van der Waals surface area contributed by atoms with Gasteiger partial charge in [0, 0.05) is 6.20 Å². The number of hydrogen-bond donors (Lipinski definition) is 0. The van der Waals surface area contributed by atoms with Gasteiger partial charge in [-0.15, -0.1) is 0 Å². The van der Waals surface area contributed by atoms with Crippen molar-refractivity contribution >= 4 is 11.6 Å². The zero-order valence-electron chi connectivity index (χ0n) is 14.8. The van der Waals surface area contributed by atoms with Crippen molar-refractivity contribution in [3.8, 4) is 16.8 Å². The Balaban J connectivity index is 2.15. The molecule has 4 heteroatoms. The number of rotatable bonds is 5. The summed E-state index contributed by atoms with van der Waals surface area (Å²) >= 11 is 5.81. The third-order valence-electron chi connectivity index (χ3n) is 4.68. The predicted octanol–water partition coefficient (Wildman–Crippen LogP) is 6.54.